The van der Waals surface area contributed by atoms with Gasteiger partial charge in [-0.05, 0) is 34.4 Å². The lowest BCUT2D eigenvalue weighted by Gasteiger charge is -2.12. The van der Waals surface area contributed by atoms with Gasteiger partial charge in [0.05, 0.1) is 18.5 Å². The van der Waals surface area contributed by atoms with Gasteiger partial charge in [-0.15, -0.1) is 0 Å². The minimum atomic E-state index is -0.419. The van der Waals surface area contributed by atoms with E-state index in [1.165, 1.54) is 12.1 Å². The maximum absolute atomic E-state index is 11.1. The molecule has 6 heteroatoms. The van der Waals surface area contributed by atoms with Crippen LogP contribution in [0.15, 0.2) is 66.7 Å². The molecule has 3 aromatic rings. The molecule has 0 unspecified atom stereocenters. The summed E-state index contributed by atoms with van der Waals surface area (Å²) in [6, 6.07) is 19.7. The molecule has 136 valence electrons. The summed E-state index contributed by atoms with van der Waals surface area (Å²) in [6.07, 6.45) is 0.196. The Hall–Kier alpha value is -3.67. The lowest BCUT2D eigenvalue weighted by molar-refractivity contribution is -0.384. The van der Waals surface area contributed by atoms with E-state index < -0.39 is 4.92 Å². The van der Waals surface area contributed by atoms with Crippen molar-refractivity contribution < 1.29 is 14.5 Å². The van der Waals surface area contributed by atoms with Crippen LogP contribution < -0.4 is 10.5 Å². The fourth-order valence-electron chi connectivity index (χ4n) is 2.92. The third-order valence-electron chi connectivity index (χ3n) is 4.23. The van der Waals surface area contributed by atoms with E-state index in [1.54, 1.807) is 13.2 Å². The quantitative estimate of drug-likeness (QED) is 0.530. The summed E-state index contributed by atoms with van der Waals surface area (Å²) in [4.78, 5) is 21.7. The van der Waals surface area contributed by atoms with E-state index in [2.05, 4.69) is 0 Å². The smallest absolute Gasteiger partial charge is 0.270 e. The fraction of sp³-hybridized carbons (Fsp3) is 0.0952. The SMILES string of the molecule is COc1ccc(-c2ccc(CC(N)=O)cc2)cc1-c1cccc([N+](=O)[O-])c1. The van der Waals surface area contributed by atoms with Crippen LogP contribution in [-0.2, 0) is 11.2 Å². The second-order valence-corrected chi connectivity index (χ2v) is 6.06. The van der Waals surface area contributed by atoms with Crippen molar-refractivity contribution in [3.63, 3.8) is 0 Å². The Bertz CT molecular complexity index is 997. The molecule has 0 aliphatic heterocycles. The standard InChI is InChI=1S/C21H18N2O4/c1-27-20-10-9-16(15-7-5-14(6-8-15)11-21(22)24)13-19(20)17-3-2-4-18(12-17)23(25)26/h2-10,12-13H,11H2,1H3,(H2,22,24). The molecule has 3 rings (SSSR count). The minimum Gasteiger partial charge on any atom is -0.496 e. The third-order valence-corrected chi connectivity index (χ3v) is 4.23. The van der Waals surface area contributed by atoms with E-state index in [1.807, 2.05) is 48.5 Å². The number of carbonyl (C=O) groups excluding carboxylic acids is 1. The number of nitro groups is 1. The van der Waals surface area contributed by atoms with Crippen molar-refractivity contribution in [2.24, 2.45) is 5.73 Å². The molecule has 0 radical (unpaired) electrons. The van der Waals surface area contributed by atoms with Crippen LogP contribution in [0, 0.1) is 10.1 Å². The predicted octanol–water partition coefficient (Wildman–Crippen LogP) is 3.97. The number of methoxy groups -OCH3 is 1. The zero-order valence-corrected chi connectivity index (χ0v) is 14.7. The molecule has 0 bridgehead atoms. The van der Waals surface area contributed by atoms with Crippen LogP contribution in [0.5, 0.6) is 5.75 Å². The number of ether oxygens (including phenoxy) is 1. The second-order valence-electron chi connectivity index (χ2n) is 6.06. The number of hydrogen-bond acceptors (Lipinski definition) is 4. The van der Waals surface area contributed by atoms with Crippen molar-refractivity contribution in [3.8, 4) is 28.0 Å². The van der Waals surface area contributed by atoms with E-state index in [0.29, 0.717) is 11.3 Å². The molecule has 3 aromatic carbocycles. The van der Waals surface area contributed by atoms with Crippen LogP contribution in [-0.4, -0.2) is 17.9 Å². The Morgan fingerprint density at radius 2 is 1.70 bits per heavy atom. The van der Waals surface area contributed by atoms with Gasteiger partial charge in [-0.2, -0.15) is 0 Å². The monoisotopic (exact) mass is 362 g/mol. The second kappa shape index (κ2) is 7.70. The topological polar surface area (TPSA) is 95.5 Å². The molecule has 0 saturated carbocycles. The van der Waals surface area contributed by atoms with Gasteiger partial charge in [-0.3, -0.25) is 14.9 Å². The Kier molecular flexibility index (Phi) is 5.17. The van der Waals surface area contributed by atoms with Crippen molar-refractivity contribution >= 4 is 11.6 Å². The van der Waals surface area contributed by atoms with E-state index in [4.69, 9.17) is 10.5 Å². The van der Waals surface area contributed by atoms with Gasteiger partial charge in [-0.25, -0.2) is 0 Å². The number of carbonyl (C=O) groups is 1. The number of rotatable bonds is 6. The fourth-order valence-corrected chi connectivity index (χ4v) is 2.92. The van der Waals surface area contributed by atoms with Crippen LogP contribution in [0.2, 0.25) is 0 Å². The number of primary amides is 1. The Labute approximate surface area is 156 Å². The molecule has 27 heavy (non-hydrogen) atoms. The number of nitrogens with zero attached hydrogens (tertiary/aromatic N) is 1. The highest BCUT2D eigenvalue weighted by atomic mass is 16.6. The molecule has 0 spiro atoms. The van der Waals surface area contributed by atoms with Gasteiger partial charge in [-0.1, -0.05) is 42.5 Å². The van der Waals surface area contributed by atoms with Crippen LogP contribution in [0.3, 0.4) is 0 Å². The minimum absolute atomic E-state index is 0.0239. The lowest BCUT2D eigenvalue weighted by Crippen LogP contribution is -2.13. The summed E-state index contributed by atoms with van der Waals surface area (Å²) in [6.45, 7) is 0. The lowest BCUT2D eigenvalue weighted by atomic mass is 9.97. The molecular weight excluding hydrogens is 344 g/mol. The van der Waals surface area contributed by atoms with Crippen LogP contribution >= 0.6 is 0 Å². The van der Waals surface area contributed by atoms with Crippen LogP contribution in [0.1, 0.15) is 5.56 Å². The van der Waals surface area contributed by atoms with Gasteiger partial charge < -0.3 is 10.5 Å². The van der Waals surface area contributed by atoms with E-state index in [9.17, 15) is 14.9 Å². The molecule has 0 saturated heterocycles. The van der Waals surface area contributed by atoms with Gasteiger partial charge >= 0.3 is 0 Å². The predicted molar refractivity (Wildman–Crippen MR) is 103 cm³/mol. The summed E-state index contributed by atoms with van der Waals surface area (Å²) in [5.41, 5.74) is 9.45. The first kappa shape index (κ1) is 18.1. The van der Waals surface area contributed by atoms with Gasteiger partial charge in [0.15, 0.2) is 0 Å². The molecule has 2 N–H and O–H groups in total. The maximum atomic E-state index is 11.1. The van der Waals surface area contributed by atoms with Crippen molar-refractivity contribution in [2.75, 3.05) is 7.11 Å². The number of hydrogen-bond donors (Lipinski definition) is 1. The Balaban J connectivity index is 2.02. The molecule has 0 aliphatic carbocycles. The Morgan fingerprint density at radius 1 is 1.00 bits per heavy atom. The molecule has 6 nitrogen and oxygen atoms in total. The van der Waals surface area contributed by atoms with Crippen LogP contribution in [0.4, 0.5) is 5.69 Å². The largest absolute Gasteiger partial charge is 0.496 e. The van der Waals surface area contributed by atoms with Crippen LogP contribution in [0.25, 0.3) is 22.3 Å². The number of nitrogens with two attached hydrogens (primary N) is 1. The molecular formula is C21H18N2O4. The first-order valence-corrected chi connectivity index (χ1v) is 8.28. The molecule has 0 aromatic heterocycles. The van der Waals surface area contributed by atoms with Crippen molar-refractivity contribution in [2.45, 2.75) is 6.42 Å². The normalized spacial score (nSPS) is 10.4. The van der Waals surface area contributed by atoms with Gasteiger partial charge in [0.1, 0.15) is 5.75 Å². The molecule has 0 atom stereocenters. The summed E-state index contributed by atoms with van der Waals surface area (Å²) in [5.74, 6) is 0.254. The van der Waals surface area contributed by atoms with Gasteiger partial charge in [0.2, 0.25) is 5.91 Å². The van der Waals surface area contributed by atoms with E-state index in [-0.39, 0.29) is 18.0 Å². The molecule has 0 aliphatic rings. The average molecular weight is 362 g/mol. The third kappa shape index (κ3) is 4.12. The first-order valence-electron chi connectivity index (χ1n) is 8.28. The van der Waals surface area contributed by atoms with Gasteiger partial charge in [0.25, 0.3) is 5.69 Å². The zero-order chi connectivity index (χ0) is 19.4. The highest BCUT2D eigenvalue weighted by Crippen LogP contribution is 2.35. The number of amides is 1. The summed E-state index contributed by atoms with van der Waals surface area (Å²) in [7, 11) is 1.56. The summed E-state index contributed by atoms with van der Waals surface area (Å²) >= 11 is 0. The zero-order valence-electron chi connectivity index (χ0n) is 14.7. The Morgan fingerprint density at radius 3 is 2.33 bits per heavy atom. The highest BCUT2D eigenvalue weighted by molar-refractivity contribution is 5.79. The molecule has 0 fully saturated rings. The molecule has 0 heterocycles. The summed E-state index contributed by atoms with van der Waals surface area (Å²) in [5, 5.41) is 11.1. The van der Waals surface area contributed by atoms with E-state index >= 15 is 0 Å². The van der Waals surface area contributed by atoms with Gasteiger partial charge in [0, 0.05) is 17.7 Å². The maximum Gasteiger partial charge on any atom is 0.270 e. The highest BCUT2D eigenvalue weighted by Gasteiger charge is 2.12. The number of benzene rings is 3. The van der Waals surface area contributed by atoms with E-state index in [0.717, 1.165) is 22.3 Å². The number of non-ortho nitro benzene ring substituents is 1. The number of nitro benzene ring substituents is 1. The first-order chi connectivity index (χ1) is 13.0. The summed E-state index contributed by atoms with van der Waals surface area (Å²) < 4.78 is 5.43. The van der Waals surface area contributed by atoms with Crippen molar-refractivity contribution in [1.82, 2.24) is 0 Å². The van der Waals surface area contributed by atoms with Crippen molar-refractivity contribution in [3.05, 3.63) is 82.4 Å². The molecule has 1 amide bonds. The average Bonchev–Trinajstić information content (AvgIpc) is 2.67. The van der Waals surface area contributed by atoms with Crippen molar-refractivity contribution in [1.29, 1.82) is 0 Å².